The van der Waals surface area contributed by atoms with E-state index in [4.69, 9.17) is 9.47 Å². The zero-order chi connectivity index (χ0) is 21.3. The molecule has 0 fully saturated rings. The van der Waals surface area contributed by atoms with Crippen LogP contribution in [-0.4, -0.2) is 24.2 Å². The molecule has 3 aromatic carbocycles. The molecule has 0 saturated heterocycles. The third-order valence-corrected chi connectivity index (χ3v) is 4.20. The van der Waals surface area contributed by atoms with Crippen LogP contribution in [-0.2, 0) is 11.3 Å². The Morgan fingerprint density at radius 3 is 2.47 bits per heavy atom. The van der Waals surface area contributed by atoms with Gasteiger partial charge in [0, 0.05) is 6.07 Å². The number of nitro benzene ring substituents is 1. The van der Waals surface area contributed by atoms with Gasteiger partial charge in [-0.2, -0.15) is 5.10 Å². The van der Waals surface area contributed by atoms with Crippen molar-refractivity contribution in [3.63, 3.8) is 0 Å². The number of ether oxygens (including phenoxy) is 2. The van der Waals surface area contributed by atoms with Crippen LogP contribution in [0.2, 0.25) is 0 Å². The predicted octanol–water partition coefficient (Wildman–Crippen LogP) is 4.41. The molecule has 8 nitrogen and oxygen atoms in total. The van der Waals surface area contributed by atoms with Crippen molar-refractivity contribution >= 4 is 23.6 Å². The number of hydrogen-bond donors (Lipinski definition) is 1. The Bertz CT molecular complexity index is 1050. The molecule has 0 aliphatic rings. The third-order valence-electron chi connectivity index (χ3n) is 4.20. The van der Waals surface area contributed by atoms with Gasteiger partial charge in [0.05, 0.1) is 35.1 Å². The summed E-state index contributed by atoms with van der Waals surface area (Å²) in [5.74, 6) is -0.160. The minimum Gasteiger partial charge on any atom is -0.489 e. The second-order valence-electron chi connectivity index (χ2n) is 6.15. The van der Waals surface area contributed by atoms with Gasteiger partial charge in [0.1, 0.15) is 12.4 Å². The molecule has 0 aromatic heterocycles. The highest BCUT2D eigenvalue weighted by Crippen LogP contribution is 2.25. The van der Waals surface area contributed by atoms with Gasteiger partial charge in [-0.25, -0.2) is 4.79 Å². The lowest BCUT2D eigenvalue weighted by atomic mass is 10.1. The Morgan fingerprint density at radius 2 is 1.80 bits per heavy atom. The van der Waals surface area contributed by atoms with E-state index >= 15 is 0 Å². The van der Waals surface area contributed by atoms with E-state index in [1.807, 2.05) is 30.3 Å². The van der Waals surface area contributed by atoms with E-state index in [1.54, 1.807) is 30.5 Å². The summed E-state index contributed by atoms with van der Waals surface area (Å²) in [5, 5.41) is 15.5. The second-order valence-corrected chi connectivity index (χ2v) is 6.15. The Labute approximate surface area is 172 Å². The number of nitro groups is 1. The molecule has 0 unspecified atom stereocenters. The fraction of sp³-hybridized carbons (Fsp3) is 0.0909. The van der Waals surface area contributed by atoms with Gasteiger partial charge in [-0.15, -0.1) is 0 Å². The van der Waals surface area contributed by atoms with Gasteiger partial charge in [-0.05, 0) is 48.0 Å². The first kappa shape index (κ1) is 20.5. The molecule has 0 heterocycles. The Morgan fingerprint density at radius 1 is 1.07 bits per heavy atom. The van der Waals surface area contributed by atoms with Gasteiger partial charge in [-0.1, -0.05) is 24.3 Å². The minimum absolute atomic E-state index is 0.0995. The smallest absolute Gasteiger partial charge is 0.338 e. The molecule has 3 aromatic rings. The van der Waals surface area contributed by atoms with Crippen LogP contribution in [0.4, 0.5) is 11.4 Å². The fourth-order valence-corrected chi connectivity index (χ4v) is 2.70. The number of nitrogens with one attached hydrogen (secondary N) is 1. The number of anilines is 1. The maximum atomic E-state index is 11.9. The van der Waals surface area contributed by atoms with Gasteiger partial charge in [-0.3, -0.25) is 15.5 Å². The quantitative estimate of drug-likeness (QED) is 0.258. The molecule has 1 N–H and O–H groups in total. The summed E-state index contributed by atoms with van der Waals surface area (Å²) < 4.78 is 10.4. The highest BCUT2D eigenvalue weighted by atomic mass is 16.6. The van der Waals surface area contributed by atoms with E-state index in [0.717, 1.165) is 11.3 Å². The van der Waals surface area contributed by atoms with Gasteiger partial charge >= 0.3 is 5.97 Å². The lowest BCUT2D eigenvalue weighted by Gasteiger charge is -2.10. The van der Waals surface area contributed by atoms with Gasteiger partial charge in [0.2, 0.25) is 0 Å². The van der Waals surface area contributed by atoms with Crippen molar-refractivity contribution in [1.29, 1.82) is 0 Å². The lowest BCUT2D eigenvalue weighted by Crippen LogP contribution is -2.10. The molecule has 0 bridgehead atoms. The van der Waals surface area contributed by atoms with Crippen LogP contribution in [0.25, 0.3) is 0 Å². The summed E-state index contributed by atoms with van der Waals surface area (Å²) >= 11 is 0. The molecule has 0 radical (unpaired) electrons. The van der Waals surface area contributed by atoms with Crippen LogP contribution in [0, 0.1) is 10.1 Å². The Hall–Kier alpha value is -4.20. The second kappa shape index (κ2) is 9.83. The van der Waals surface area contributed by atoms with Crippen molar-refractivity contribution in [1.82, 2.24) is 0 Å². The monoisotopic (exact) mass is 405 g/mol. The van der Waals surface area contributed by atoms with Crippen LogP contribution in [0.3, 0.4) is 0 Å². The number of hydrazone groups is 1. The standard InChI is InChI=1S/C22H19N3O5/c1-29-22(26)19-8-5-9-21(25(27)28)20(19)15-30-18-12-10-16(11-13-18)14-23-24-17-6-3-2-4-7-17/h2-14,24H,15H2,1H3. The number of carbonyl (C=O) groups excluding carboxylic acids is 1. The molecule has 0 amide bonds. The van der Waals surface area contributed by atoms with Crippen LogP contribution < -0.4 is 10.2 Å². The van der Waals surface area contributed by atoms with Crippen molar-refractivity contribution in [3.05, 3.63) is 99.6 Å². The Balaban J connectivity index is 1.68. The number of para-hydroxylation sites is 1. The van der Waals surface area contributed by atoms with E-state index in [9.17, 15) is 14.9 Å². The summed E-state index contributed by atoms with van der Waals surface area (Å²) in [4.78, 5) is 22.7. The average Bonchev–Trinajstić information content (AvgIpc) is 2.78. The first-order valence-electron chi connectivity index (χ1n) is 9.00. The number of methoxy groups -OCH3 is 1. The molecule has 0 atom stereocenters. The molecule has 0 aliphatic carbocycles. The van der Waals surface area contributed by atoms with Crippen molar-refractivity contribution in [2.45, 2.75) is 6.61 Å². The van der Waals surface area contributed by atoms with Crippen LogP contribution in [0.15, 0.2) is 77.9 Å². The number of nitrogens with zero attached hydrogens (tertiary/aromatic N) is 2. The molecule has 30 heavy (non-hydrogen) atoms. The summed E-state index contributed by atoms with van der Waals surface area (Å²) in [7, 11) is 1.22. The summed E-state index contributed by atoms with van der Waals surface area (Å²) in [6, 6.07) is 20.8. The molecule has 152 valence electrons. The van der Waals surface area contributed by atoms with Crippen LogP contribution in [0.5, 0.6) is 5.75 Å². The zero-order valence-electron chi connectivity index (χ0n) is 16.1. The number of hydrogen-bond acceptors (Lipinski definition) is 7. The van der Waals surface area contributed by atoms with Gasteiger partial charge in [0.15, 0.2) is 0 Å². The lowest BCUT2D eigenvalue weighted by molar-refractivity contribution is -0.385. The number of benzene rings is 3. The Kier molecular flexibility index (Phi) is 6.73. The maximum absolute atomic E-state index is 11.9. The normalized spacial score (nSPS) is 10.6. The van der Waals surface area contributed by atoms with Crippen molar-refractivity contribution in [2.24, 2.45) is 5.10 Å². The van der Waals surface area contributed by atoms with E-state index in [0.29, 0.717) is 5.75 Å². The minimum atomic E-state index is -0.658. The molecule has 0 saturated carbocycles. The highest BCUT2D eigenvalue weighted by molar-refractivity contribution is 5.92. The molecule has 0 aliphatic heterocycles. The third kappa shape index (κ3) is 5.20. The number of carbonyl (C=O) groups is 1. The van der Waals surface area contributed by atoms with Crippen molar-refractivity contribution in [2.75, 3.05) is 12.5 Å². The van der Waals surface area contributed by atoms with E-state index in [2.05, 4.69) is 10.5 Å². The topological polar surface area (TPSA) is 103 Å². The first-order valence-corrected chi connectivity index (χ1v) is 9.00. The SMILES string of the molecule is COC(=O)c1cccc([N+](=O)[O-])c1COc1ccc(C=NNc2ccccc2)cc1. The molecular formula is C22H19N3O5. The fourth-order valence-electron chi connectivity index (χ4n) is 2.70. The van der Waals surface area contributed by atoms with E-state index < -0.39 is 10.9 Å². The average molecular weight is 405 g/mol. The summed E-state index contributed by atoms with van der Waals surface area (Å²) in [5.41, 5.74) is 4.70. The molecule has 3 rings (SSSR count). The molecule has 0 spiro atoms. The highest BCUT2D eigenvalue weighted by Gasteiger charge is 2.22. The molecule has 8 heteroatoms. The summed E-state index contributed by atoms with van der Waals surface area (Å²) in [6.45, 7) is -0.148. The van der Waals surface area contributed by atoms with Crippen molar-refractivity contribution < 1.29 is 19.2 Å². The van der Waals surface area contributed by atoms with Crippen molar-refractivity contribution in [3.8, 4) is 5.75 Å². The predicted molar refractivity (Wildman–Crippen MR) is 113 cm³/mol. The maximum Gasteiger partial charge on any atom is 0.338 e. The van der Waals surface area contributed by atoms with Gasteiger partial charge < -0.3 is 9.47 Å². The number of rotatable bonds is 8. The van der Waals surface area contributed by atoms with Crippen LogP contribution in [0.1, 0.15) is 21.5 Å². The molecular weight excluding hydrogens is 386 g/mol. The summed E-state index contributed by atoms with van der Waals surface area (Å²) in [6.07, 6.45) is 1.66. The zero-order valence-corrected chi connectivity index (χ0v) is 16.1. The van der Waals surface area contributed by atoms with Gasteiger partial charge in [0.25, 0.3) is 5.69 Å². The van der Waals surface area contributed by atoms with Crippen LogP contribution >= 0.6 is 0 Å². The van der Waals surface area contributed by atoms with E-state index in [-0.39, 0.29) is 23.4 Å². The largest absolute Gasteiger partial charge is 0.489 e. The number of esters is 1. The van der Waals surface area contributed by atoms with E-state index in [1.165, 1.54) is 25.3 Å². The first-order chi connectivity index (χ1) is 14.6.